The number of fused-ring (bicyclic) bond motifs is 2. The van der Waals surface area contributed by atoms with E-state index in [-0.39, 0.29) is 11.9 Å². The van der Waals surface area contributed by atoms with Gasteiger partial charge in [-0.05, 0) is 59.6 Å². The van der Waals surface area contributed by atoms with E-state index in [4.69, 9.17) is 4.37 Å². The van der Waals surface area contributed by atoms with E-state index in [0.717, 1.165) is 57.8 Å². The third kappa shape index (κ3) is 4.46. The minimum atomic E-state index is 0.155. The highest BCUT2D eigenvalue weighted by Crippen LogP contribution is 2.30. The largest absolute Gasteiger partial charge is 0.353 e. The van der Waals surface area contributed by atoms with E-state index in [1.807, 2.05) is 6.92 Å². The second kappa shape index (κ2) is 8.97. The fourth-order valence-electron chi connectivity index (χ4n) is 4.83. The molecule has 0 saturated carbocycles. The smallest absolute Gasteiger partial charge is 0.219 e. The molecule has 2 heterocycles. The summed E-state index contributed by atoms with van der Waals surface area (Å²) in [6.45, 7) is 7.26. The third-order valence-electron chi connectivity index (χ3n) is 6.64. The lowest BCUT2D eigenvalue weighted by Crippen LogP contribution is -2.47. The molecular formula is C25H30N4OS. The van der Waals surface area contributed by atoms with Crippen molar-refractivity contribution in [2.75, 3.05) is 37.6 Å². The van der Waals surface area contributed by atoms with E-state index in [1.54, 1.807) is 11.5 Å². The molecule has 2 aromatic carbocycles. The van der Waals surface area contributed by atoms with Crippen LogP contribution in [0.5, 0.6) is 0 Å². The molecule has 1 N–H and O–H groups in total. The topological polar surface area (TPSA) is 48.5 Å². The van der Waals surface area contributed by atoms with Crippen molar-refractivity contribution in [3.8, 4) is 0 Å². The van der Waals surface area contributed by atoms with Crippen molar-refractivity contribution in [2.24, 2.45) is 0 Å². The fourth-order valence-corrected chi connectivity index (χ4v) is 5.63. The summed E-state index contributed by atoms with van der Waals surface area (Å²) in [6.07, 6.45) is 3.58. The van der Waals surface area contributed by atoms with Crippen molar-refractivity contribution in [1.82, 2.24) is 14.6 Å². The third-order valence-corrected chi connectivity index (χ3v) is 7.45. The number of benzene rings is 2. The number of carbonyl (C=O) groups excluding carboxylic acids is 1. The summed E-state index contributed by atoms with van der Waals surface area (Å²) in [4.78, 5) is 16.7. The Kier molecular flexibility index (Phi) is 5.92. The molecule has 3 aromatic rings. The predicted octanol–water partition coefficient (Wildman–Crippen LogP) is 3.65. The Morgan fingerprint density at radius 3 is 2.74 bits per heavy atom. The maximum Gasteiger partial charge on any atom is 0.219 e. The van der Waals surface area contributed by atoms with E-state index in [1.165, 1.54) is 26.8 Å². The molecule has 0 unspecified atom stereocenters. The summed E-state index contributed by atoms with van der Waals surface area (Å²) < 4.78 is 5.99. The van der Waals surface area contributed by atoms with E-state index in [0.29, 0.717) is 6.42 Å². The quantitative estimate of drug-likeness (QED) is 0.643. The number of nitrogens with zero attached hydrogens (tertiary/aromatic N) is 3. The molecule has 1 atom stereocenters. The number of rotatable bonds is 6. The average molecular weight is 435 g/mol. The maximum absolute atomic E-state index is 11.7. The van der Waals surface area contributed by atoms with Crippen LogP contribution in [0.4, 0.5) is 5.82 Å². The Balaban J connectivity index is 1.13. The fraction of sp³-hybridized carbons (Fsp3) is 0.440. The Labute approximate surface area is 188 Å². The number of piperazine rings is 1. The first-order valence-corrected chi connectivity index (χ1v) is 12.2. The molecule has 1 saturated heterocycles. The minimum Gasteiger partial charge on any atom is -0.353 e. The SMILES string of the molecule is CCC(=O)N[C@@H]1Cc2ccc(CCN3CCN(c4nsc5ccccc45)CC3)cc2C1. The molecular weight excluding hydrogens is 404 g/mol. The molecule has 1 aliphatic carbocycles. The van der Waals surface area contributed by atoms with Gasteiger partial charge in [-0.25, -0.2) is 0 Å². The Morgan fingerprint density at radius 1 is 1.10 bits per heavy atom. The molecule has 162 valence electrons. The highest BCUT2D eigenvalue weighted by atomic mass is 32.1. The predicted molar refractivity (Wildman–Crippen MR) is 128 cm³/mol. The van der Waals surface area contributed by atoms with Gasteiger partial charge in [0.05, 0.1) is 4.70 Å². The van der Waals surface area contributed by atoms with Gasteiger partial charge in [0.1, 0.15) is 5.82 Å². The second-order valence-corrected chi connectivity index (χ2v) is 9.52. The van der Waals surface area contributed by atoms with Crippen molar-refractivity contribution in [3.63, 3.8) is 0 Å². The summed E-state index contributed by atoms with van der Waals surface area (Å²) in [6, 6.07) is 15.7. The molecule has 2 aliphatic rings. The molecule has 5 nitrogen and oxygen atoms in total. The van der Waals surface area contributed by atoms with Gasteiger partial charge in [-0.15, -0.1) is 0 Å². The number of hydrogen-bond acceptors (Lipinski definition) is 5. The molecule has 1 fully saturated rings. The van der Waals surface area contributed by atoms with Crippen molar-refractivity contribution >= 4 is 33.3 Å². The number of carbonyl (C=O) groups is 1. The zero-order valence-electron chi connectivity index (χ0n) is 18.1. The van der Waals surface area contributed by atoms with Crippen LogP contribution in [0.3, 0.4) is 0 Å². The number of amides is 1. The number of aromatic nitrogens is 1. The molecule has 5 rings (SSSR count). The van der Waals surface area contributed by atoms with Gasteiger partial charge in [-0.3, -0.25) is 9.69 Å². The summed E-state index contributed by atoms with van der Waals surface area (Å²) in [5.74, 6) is 1.31. The number of nitrogens with one attached hydrogen (secondary N) is 1. The molecule has 6 heteroatoms. The van der Waals surface area contributed by atoms with E-state index < -0.39 is 0 Å². The first kappa shape index (κ1) is 20.5. The average Bonchev–Trinajstić information content (AvgIpc) is 3.41. The van der Waals surface area contributed by atoms with Crippen LogP contribution in [-0.2, 0) is 24.1 Å². The maximum atomic E-state index is 11.7. The molecule has 1 aromatic heterocycles. The van der Waals surface area contributed by atoms with Crippen molar-refractivity contribution < 1.29 is 4.79 Å². The van der Waals surface area contributed by atoms with Crippen LogP contribution < -0.4 is 10.2 Å². The molecule has 1 amide bonds. The van der Waals surface area contributed by atoms with Crippen molar-refractivity contribution in [2.45, 2.75) is 38.6 Å². The van der Waals surface area contributed by atoms with Gasteiger partial charge in [0.2, 0.25) is 5.91 Å². The lowest BCUT2D eigenvalue weighted by molar-refractivity contribution is -0.121. The first-order valence-electron chi connectivity index (χ1n) is 11.4. The van der Waals surface area contributed by atoms with Gasteiger partial charge < -0.3 is 10.2 Å². The molecule has 0 radical (unpaired) electrons. The molecule has 31 heavy (non-hydrogen) atoms. The highest BCUT2D eigenvalue weighted by Gasteiger charge is 2.23. The first-order chi connectivity index (χ1) is 15.2. The van der Waals surface area contributed by atoms with Gasteiger partial charge in [0.15, 0.2) is 0 Å². The van der Waals surface area contributed by atoms with Crippen LogP contribution in [0.1, 0.15) is 30.0 Å². The van der Waals surface area contributed by atoms with Gasteiger partial charge in [-0.1, -0.05) is 37.3 Å². The normalized spacial score (nSPS) is 19.0. The second-order valence-electron chi connectivity index (χ2n) is 8.71. The Bertz CT molecular complexity index is 1070. The van der Waals surface area contributed by atoms with Crippen molar-refractivity contribution in [1.29, 1.82) is 0 Å². The van der Waals surface area contributed by atoms with Crippen LogP contribution in [0.25, 0.3) is 10.1 Å². The van der Waals surface area contributed by atoms with Gasteiger partial charge in [-0.2, -0.15) is 4.37 Å². The van der Waals surface area contributed by atoms with E-state index in [2.05, 4.69) is 57.6 Å². The van der Waals surface area contributed by atoms with Crippen LogP contribution in [-0.4, -0.2) is 53.9 Å². The van der Waals surface area contributed by atoms with E-state index >= 15 is 0 Å². The Morgan fingerprint density at radius 2 is 1.90 bits per heavy atom. The van der Waals surface area contributed by atoms with E-state index in [9.17, 15) is 4.79 Å². The van der Waals surface area contributed by atoms with Gasteiger partial charge in [0, 0.05) is 50.6 Å². The van der Waals surface area contributed by atoms with Crippen LogP contribution in [0, 0.1) is 0 Å². The van der Waals surface area contributed by atoms with Crippen molar-refractivity contribution in [3.05, 3.63) is 59.2 Å². The number of anilines is 1. The standard InChI is InChI=1S/C25H30N4OS/c1-2-24(30)26-21-16-19-8-7-18(15-20(19)17-21)9-10-28-11-13-29(14-12-28)25-22-5-3-4-6-23(22)31-27-25/h3-8,15,21H,2,9-14,16-17H2,1H3,(H,26,30)/t21-/m1/s1. The summed E-state index contributed by atoms with van der Waals surface area (Å²) in [5.41, 5.74) is 4.22. The van der Waals surface area contributed by atoms with Crippen LogP contribution in [0.2, 0.25) is 0 Å². The summed E-state index contributed by atoms with van der Waals surface area (Å²) in [5, 5.41) is 4.43. The lowest BCUT2D eigenvalue weighted by atomic mass is 10.0. The van der Waals surface area contributed by atoms with Crippen LogP contribution in [0.15, 0.2) is 42.5 Å². The lowest BCUT2D eigenvalue weighted by Gasteiger charge is -2.35. The monoisotopic (exact) mass is 434 g/mol. The summed E-state index contributed by atoms with van der Waals surface area (Å²) in [7, 11) is 0. The molecule has 1 aliphatic heterocycles. The minimum absolute atomic E-state index is 0.155. The van der Waals surface area contributed by atoms with Crippen LogP contribution >= 0.6 is 11.5 Å². The zero-order chi connectivity index (χ0) is 21.2. The zero-order valence-corrected chi connectivity index (χ0v) is 19.0. The number of hydrogen-bond donors (Lipinski definition) is 1. The molecule has 0 spiro atoms. The summed E-state index contributed by atoms with van der Waals surface area (Å²) >= 11 is 1.60. The van der Waals surface area contributed by atoms with Gasteiger partial charge >= 0.3 is 0 Å². The highest BCUT2D eigenvalue weighted by molar-refractivity contribution is 7.13. The van der Waals surface area contributed by atoms with Gasteiger partial charge in [0.25, 0.3) is 0 Å². The molecule has 0 bridgehead atoms. The Hall–Kier alpha value is -2.44.